The molecule has 0 amide bonds. The maximum Gasteiger partial charge on any atom is 0.123 e. The number of rotatable bonds is 3. The van der Waals surface area contributed by atoms with Crippen molar-refractivity contribution in [3.8, 4) is 5.75 Å². The van der Waals surface area contributed by atoms with E-state index in [0.717, 1.165) is 31.7 Å². The van der Waals surface area contributed by atoms with Crippen LogP contribution in [0.2, 0.25) is 0 Å². The smallest absolute Gasteiger partial charge is 0.123 e. The van der Waals surface area contributed by atoms with Crippen LogP contribution < -0.4 is 4.74 Å². The Morgan fingerprint density at radius 2 is 1.88 bits per heavy atom. The van der Waals surface area contributed by atoms with E-state index in [9.17, 15) is 4.39 Å². The van der Waals surface area contributed by atoms with Crippen LogP contribution in [0, 0.1) is 5.82 Å². The van der Waals surface area contributed by atoms with Gasteiger partial charge in [0.1, 0.15) is 17.7 Å². The lowest BCUT2D eigenvalue weighted by molar-refractivity contribution is 0.139. The molecule has 1 aromatic rings. The number of nitrogens with zero attached hydrogens (tertiary/aromatic N) is 1. The zero-order valence-electron chi connectivity index (χ0n) is 9.84. The highest BCUT2D eigenvalue weighted by Crippen LogP contribution is 2.34. The van der Waals surface area contributed by atoms with E-state index in [1.165, 1.54) is 12.1 Å². The van der Waals surface area contributed by atoms with Gasteiger partial charge in [0.25, 0.3) is 0 Å². The molecule has 1 aliphatic rings. The Hall–Kier alpha value is -0.390. The van der Waals surface area contributed by atoms with Gasteiger partial charge < -0.3 is 4.74 Å². The molecule has 0 aliphatic carbocycles. The highest BCUT2D eigenvalue weighted by molar-refractivity contribution is 8.76. The lowest BCUT2D eigenvalue weighted by Gasteiger charge is -2.35. The van der Waals surface area contributed by atoms with Gasteiger partial charge in [0.2, 0.25) is 0 Å². The highest BCUT2D eigenvalue weighted by Gasteiger charge is 2.21. The van der Waals surface area contributed by atoms with E-state index in [1.54, 1.807) is 12.1 Å². The summed E-state index contributed by atoms with van der Waals surface area (Å²) in [7, 11) is -0.279. The summed E-state index contributed by atoms with van der Waals surface area (Å²) < 4.78 is 21.0. The first-order chi connectivity index (χ1) is 8.15. The standard InChI is InChI=1S/C12H18FNOS2/c1-17(16)14-8-6-12(7-9-14)15-11-4-2-10(13)3-5-11/h2-5,12,16-17H,6-9H2,1H3. The number of hydrogen-bond donors (Lipinski definition) is 2. The minimum atomic E-state index is -0.279. The summed E-state index contributed by atoms with van der Waals surface area (Å²) in [6.45, 7) is 2.08. The number of hydrogen-bond acceptors (Lipinski definition) is 3. The first-order valence-corrected chi connectivity index (χ1v) is 8.64. The maximum absolute atomic E-state index is 12.7. The van der Waals surface area contributed by atoms with Crippen LogP contribution in [-0.4, -0.2) is 29.8 Å². The minimum Gasteiger partial charge on any atom is -0.490 e. The van der Waals surface area contributed by atoms with E-state index in [-0.39, 0.29) is 22.0 Å². The molecule has 0 radical (unpaired) electrons. The predicted octanol–water partition coefficient (Wildman–Crippen LogP) is 3.06. The number of ether oxygens (including phenoxy) is 1. The van der Waals surface area contributed by atoms with E-state index in [2.05, 4.69) is 22.2 Å². The van der Waals surface area contributed by atoms with Crippen molar-refractivity contribution in [1.29, 1.82) is 0 Å². The molecule has 1 heterocycles. The van der Waals surface area contributed by atoms with Crippen molar-refractivity contribution in [2.24, 2.45) is 0 Å². The van der Waals surface area contributed by atoms with Gasteiger partial charge in [-0.15, -0.1) is 11.7 Å². The molecular formula is C12H18FNOS2. The predicted molar refractivity (Wildman–Crippen MR) is 75.5 cm³/mol. The Morgan fingerprint density at radius 3 is 2.41 bits per heavy atom. The molecule has 2 rings (SSSR count). The van der Waals surface area contributed by atoms with Crippen molar-refractivity contribution in [3.63, 3.8) is 0 Å². The molecule has 2 nitrogen and oxygen atoms in total. The average Bonchev–Trinajstić information content (AvgIpc) is 2.33. The number of benzene rings is 1. The first-order valence-electron chi connectivity index (χ1n) is 5.75. The van der Waals surface area contributed by atoms with E-state index in [4.69, 9.17) is 4.74 Å². The SMILES string of the molecule is C[SH](S)N1CCC(Oc2ccc(F)cc2)CC1. The Bertz CT molecular complexity index is 350. The Kier molecular flexibility index (Phi) is 4.59. The zero-order valence-corrected chi connectivity index (χ0v) is 11.6. The monoisotopic (exact) mass is 275 g/mol. The summed E-state index contributed by atoms with van der Waals surface area (Å²) >= 11 is 4.49. The second kappa shape index (κ2) is 5.98. The summed E-state index contributed by atoms with van der Waals surface area (Å²) in [5, 5.41) is 0. The fourth-order valence-corrected chi connectivity index (χ4v) is 3.30. The second-order valence-electron chi connectivity index (χ2n) is 4.21. The zero-order chi connectivity index (χ0) is 12.3. The Balaban J connectivity index is 1.84. The lowest BCUT2D eigenvalue weighted by Crippen LogP contribution is -2.35. The average molecular weight is 275 g/mol. The van der Waals surface area contributed by atoms with Crippen LogP contribution >= 0.6 is 21.8 Å². The summed E-state index contributed by atoms with van der Waals surface area (Å²) in [5.74, 6) is 0.536. The summed E-state index contributed by atoms with van der Waals surface area (Å²) in [4.78, 5) is 0. The maximum atomic E-state index is 12.7. The van der Waals surface area contributed by atoms with Crippen LogP contribution in [0.3, 0.4) is 0 Å². The number of thiol groups is 2. The van der Waals surface area contributed by atoms with Gasteiger partial charge in [-0.25, -0.2) is 4.39 Å². The normalized spacial score (nSPS) is 21.2. The van der Waals surface area contributed by atoms with Crippen molar-refractivity contribution in [2.75, 3.05) is 19.3 Å². The second-order valence-corrected chi connectivity index (χ2v) is 7.50. The van der Waals surface area contributed by atoms with Crippen LogP contribution in [-0.2, 0) is 0 Å². The van der Waals surface area contributed by atoms with Gasteiger partial charge in [-0.2, -0.15) is 10.1 Å². The van der Waals surface area contributed by atoms with Crippen molar-refractivity contribution in [3.05, 3.63) is 30.1 Å². The number of halogens is 1. The molecule has 0 spiro atoms. The molecule has 0 bridgehead atoms. The van der Waals surface area contributed by atoms with Crippen LogP contribution in [0.4, 0.5) is 4.39 Å². The lowest BCUT2D eigenvalue weighted by atomic mass is 10.1. The molecule has 0 N–H and O–H groups in total. The molecule has 1 aliphatic heterocycles. The van der Waals surface area contributed by atoms with Gasteiger partial charge in [0, 0.05) is 13.1 Å². The fourth-order valence-electron chi connectivity index (χ4n) is 1.96. The van der Waals surface area contributed by atoms with E-state index in [1.807, 2.05) is 0 Å². The van der Waals surface area contributed by atoms with Gasteiger partial charge in [0.05, 0.1) is 0 Å². The third-order valence-corrected chi connectivity index (χ3v) is 4.92. The minimum absolute atomic E-state index is 0.223. The van der Waals surface area contributed by atoms with Gasteiger partial charge in [-0.1, -0.05) is 0 Å². The molecule has 5 heteroatoms. The molecule has 17 heavy (non-hydrogen) atoms. The third-order valence-electron chi connectivity index (χ3n) is 2.94. The van der Waals surface area contributed by atoms with E-state index in [0.29, 0.717) is 0 Å². The Labute approximate surface area is 109 Å². The van der Waals surface area contributed by atoms with Crippen LogP contribution in [0.25, 0.3) is 0 Å². The van der Waals surface area contributed by atoms with Gasteiger partial charge in [-0.05, 0) is 43.4 Å². The van der Waals surface area contributed by atoms with Crippen molar-refractivity contribution in [1.82, 2.24) is 4.31 Å². The first kappa shape index (κ1) is 13.1. The van der Waals surface area contributed by atoms with Crippen LogP contribution in [0.15, 0.2) is 24.3 Å². The molecular weight excluding hydrogens is 257 g/mol. The van der Waals surface area contributed by atoms with Gasteiger partial charge in [-0.3, -0.25) is 4.31 Å². The van der Waals surface area contributed by atoms with E-state index < -0.39 is 0 Å². The summed E-state index contributed by atoms with van der Waals surface area (Å²) in [5.41, 5.74) is 0. The quantitative estimate of drug-likeness (QED) is 0.650. The molecule has 0 aromatic heterocycles. The summed E-state index contributed by atoms with van der Waals surface area (Å²) in [6.07, 6.45) is 4.44. The number of piperidine rings is 1. The molecule has 1 atom stereocenters. The van der Waals surface area contributed by atoms with Crippen LogP contribution in [0.5, 0.6) is 5.75 Å². The third kappa shape index (κ3) is 3.79. The Morgan fingerprint density at radius 1 is 1.29 bits per heavy atom. The van der Waals surface area contributed by atoms with E-state index >= 15 is 0 Å². The topological polar surface area (TPSA) is 12.5 Å². The largest absolute Gasteiger partial charge is 0.490 e. The highest BCUT2D eigenvalue weighted by atomic mass is 33.1. The van der Waals surface area contributed by atoms with Crippen molar-refractivity contribution in [2.45, 2.75) is 18.9 Å². The molecule has 0 saturated carbocycles. The van der Waals surface area contributed by atoms with Crippen LogP contribution in [0.1, 0.15) is 12.8 Å². The molecule has 1 saturated heterocycles. The van der Waals surface area contributed by atoms with Crippen molar-refractivity contribution < 1.29 is 9.13 Å². The fraction of sp³-hybridized carbons (Fsp3) is 0.500. The molecule has 1 unspecified atom stereocenters. The van der Waals surface area contributed by atoms with Gasteiger partial charge >= 0.3 is 0 Å². The van der Waals surface area contributed by atoms with Gasteiger partial charge in [0.15, 0.2) is 0 Å². The molecule has 1 aromatic carbocycles. The molecule has 1 fully saturated rings. The summed E-state index contributed by atoms with van der Waals surface area (Å²) in [6, 6.07) is 6.24. The molecule has 96 valence electrons. The van der Waals surface area contributed by atoms with Crippen molar-refractivity contribution >= 4 is 21.8 Å².